The standard InChI is InChI=1S/C10H17N/c1-2-3-10(4-5-10)9-7-6-8(9)11-7/h7-9,11H,2-6H2,1H3/t7-,8?,9?/m1/s1. The lowest BCUT2D eigenvalue weighted by Gasteiger charge is -2.62. The second-order valence-corrected chi connectivity index (χ2v) is 4.75. The van der Waals surface area contributed by atoms with Crippen molar-refractivity contribution in [1.82, 2.24) is 5.32 Å². The minimum atomic E-state index is 0.855. The molecule has 62 valence electrons. The summed E-state index contributed by atoms with van der Waals surface area (Å²) < 4.78 is 0. The Balaban J connectivity index is 1.69. The zero-order chi connectivity index (χ0) is 7.47. The molecular weight excluding hydrogens is 134 g/mol. The summed E-state index contributed by atoms with van der Waals surface area (Å²) in [4.78, 5) is 0. The van der Waals surface area contributed by atoms with E-state index in [4.69, 9.17) is 0 Å². The van der Waals surface area contributed by atoms with Crippen molar-refractivity contribution in [3.8, 4) is 0 Å². The quantitative estimate of drug-likeness (QED) is 0.650. The molecule has 0 amide bonds. The highest BCUT2D eigenvalue weighted by molar-refractivity contribution is 5.20. The smallest absolute Gasteiger partial charge is 0.0133 e. The van der Waals surface area contributed by atoms with Crippen molar-refractivity contribution in [1.29, 1.82) is 0 Å². The Morgan fingerprint density at radius 3 is 2.27 bits per heavy atom. The normalized spacial score (nSPS) is 49.4. The Kier molecular flexibility index (Phi) is 1.07. The summed E-state index contributed by atoms with van der Waals surface area (Å²) in [6.07, 6.45) is 7.48. The first-order chi connectivity index (χ1) is 5.36. The van der Waals surface area contributed by atoms with Crippen molar-refractivity contribution in [3.63, 3.8) is 0 Å². The first kappa shape index (κ1) is 6.47. The molecule has 2 saturated carbocycles. The van der Waals surface area contributed by atoms with Crippen LogP contribution in [0.3, 0.4) is 0 Å². The molecule has 1 heteroatoms. The molecule has 2 bridgehead atoms. The van der Waals surface area contributed by atoms with E-state index in [0.717, 1.165) is 23.4 Å². The number of nitrogens with one attached hydrogen (secondary N) is 1. The molecule has 2 unspecified atom stereocenters. The van der Waals surface area contributed by atoms with Crippen LogP contribution in [-0.2, 0) is 0 Å². The van der Waals surface area contributed by atoms with Gasteiger partial charge in [0.05, 0.1) is 0 Å². The fraction of sp³-hybridized carbons (Fsp3) is 1.00. The first-order valence-corrected chi connectivity index (χ1v) is 5.12. The van der Waals surface area contributed by atoms with E-state index in [9.17, 15) is 0 Å². The third-order valence-electron chi connectivity index (χ3n) is 4.15. The monoisotopic (exact) mass is 151 g/mol. The summed E-state index contributed by atoms with van der Waals surface area (Å²) >= 11 is 0. The van der Waals surface area contributed by atoms with E-state index in [1.54, 1.807) is 12.8 Å². The van der Waals surface area contributed by atoms with Gasteiger partial charge < -0.3 is 5.32 Å². The van der Waals surface area contributed by atoms with Gasteiger partial charge in [-0.15, -0.1) is 0 Å². The van der Waals surface area contributed by atoms with Gasteiger partial charge in [-0.3, -0.25) is 0 Å². The predicted molar refractivity (Wildman–Crippen MR) is 45.4 cm³/mol. The Labute approximate surface area is 68.6 Å². The second kappa shape index (κ2) is 1.82. The van der Waals surface area contributed by atoms with Gasteiger partial charge in [-0.2, -0.15) is 0 Å². The van der Waals surface area contributed by atoms with E-state index in [2.05, 4.69) is 12.2 Å². The van der Waals surface area contributed by atoms with Crippen molar-refractivity contribution in [2.24, 2.45) is 11.3 Å². The third kappa shape index (κ3) is 0.658. The lowest BCUT2D eigenvalue weighted by Crippen LogP contribution is -2.76. The van der Waals surface area contributed by atoms with E-state index in [1.165, 1.54) is 19.3 Å². The Bertz CT molecular complexity index is 169. The second-order valence-electron chi connectivity index (χ2n) is 4.75. The molecule has 1 nitrogen and oxygen atoms in total. The summed E-state index contributed by atoms with van der Waals surface area (Å²) in [6, 6.07) is 1.91. The van der Waals surface area contributed by atoms with Gasteiger partial charge in [-0.25, -0.2) is 0 Å². The molecule has 0 aromatic heterocycles. The van der Waals surface area contributed by atoms with E-state index >= 15 is 0 Å². The number of hydrogen-bond donors (Lipinski definition) is 1. The van der Waals surface area contributed by atoms with Crippen LogP contribution >= 0.6 is 0 Å². The van der Waals surface area contributed by atoms with Crippen LogP contribution in [-0.4, -0.2) is 12.1 Å². The molecule has 2 heterocycles. The number of hydrogen-bond acceptors (Lipinski definition) is 1. The molecule has 1 N–H and O–H groups in total. The van der Waals surface area contributed by atoms with Crippen LogP contribution in [0.25, 0.3) is 0 Å². The van der Waals surface area contributed by atoms with E-state index in [1.807, 2.05) is 0 Å². The van der Waals surface area contributed by atoms with Gasteiger partial charge in [0.2, 0.25) is 0 Å². The van der Waals surface area contributed by atoms with Crippen LogP contribution in [0.2, 0.25) is 0 Å². The van der Waals surface area contributed by atoms with Gasteiger partial charge in [0.15, 0.2) is 0 Å². The van der Waals surface area contributed by atoms with Crippen LogP contribution in [0.1, 0.15) is 39.0 Å². The molecular formula is C10H17N. The molecule has 4 rings (SSSR count). The van der Waals surface area contributed by atoms with E-state index in [-0.39, 0.29) is 0 Å². The Hall–Kier alpha value is -0.0400. The van der Waals surface area contributed by atoms with Gasteiger partial charge in [0.25, 0.3) is 0 Å². The van der Waals surface area contributed by atoms with Gasteiger partial charge in [0, 0.05) is 12.1 Å². The van der Waals surface area contributed by atoms with E-state index in [0.29, 0.717) is 0 Å². The van der Waals surface area contributed by atoms with Crippen LogP contribution in [0.5, 0.6) is 0 Å². The Morgan fingerprint density at radius 1 is 1.36 bits per heavy atom. The third-order valence-corrected chi connectivity index (χ3v) is 4.15. The Morgan fingerprint density at radius 2 is 2.00 bits per heavy atom. The lowest BCUT2D eigenvalue weighted by atomic mass is 9.57. The molecule has 0 aromatic carbocycles. The zero-order valence-corrected chi connectivity index (χ0v) is 7.27. The van der Waals surface area contributed by atoms with Crippen molar-refractivity contribution < 1.29 is 0 Å². The summed E-state index contributed by atoms with van der Waals surface area (Å²) in [5, 5.41) is 3.56. The highest BCUT2D eigenvalue weighted by atomic mass is 15.2. The topological polar surface area (TPSA) is 12.0 Å². The van der Waals surface area contributed by atoms with E-state index < -0.39 is 0 Å². The van der Waals surface area contributed by atoms with Gasteiger partial charge >= 0.3 is 0 Å². The molecule has 3 atom stereocenters. The molecule has 0 radical (unpaired) electrons. The minimum Gasteiger partial charge on any atom is -0.310 e. The van der Waals surface area contributed by atoms with Crippen molar-refractivity contribution in [3.05, 3.63) is 0 Å². The molecule has 11 heavy (non-hydrogen) atoms. The predicted octanol–water partition coefficient (Wildman–Crippen LogP) is 1.93. The number of rotatable bonds is 3. The molecule has 0 spiro atoms. The summed E-state index contributed by atoms with van der Waals surface area (Å²) in [5.74, 6) is 1.11. The maximum Gasteiger partial charge on any atom is 0.0133 e. The van der Waals surface area contributed by atoms with Gasteiger partial charge in [0.1, 0.15) is 0 Å². The summed E-state index contributed by atoms with van der Waals surface area (Å²) in [7, 11) is 0. The maximum atomic E-state index is 3.56. The molecule has 4 aliphatic rings. The fourth-order valence-corrected chi connectivity index (χ4v) is 3.25. The lowest BCUT2D eigenvalue weighted by molar-refractivity contribution is -0.0555. The largest absolute Gasteiger partial charge is 0.310 e. The average Bonchev–Trinajstić information content (AvgIpc) is 2.40. The molecule has 2 aliphatic heterocycles. The zero-order valence-electron chi connectivity index (χ0n) is 7.27. The van der Waals surface area contributed by atoms with Gasteiger partial charge in [-0.05, 0) is 37.0 Å². The van der Waals surface area contributed by atoms with Crippen LogP contribution in [0.15, 0.2) is 0 Å². The summed E-state index contributed by atoms with van der Waals surface area (Å²) in [6.45, 7) is 2.33. The minimum absolute atomic E-state index is 0.855. The first-order valence-electron chi connectivity index (χ1n) is 5.12. The SMILES string of the molecule is CCCC1(C2C3C[C@H]2N3)CC1. The highest BCUT2D eigenvalue weighted by Gasteiger charge is 2.64. The fourth-order valence-electron chi connectivity index (χ4n) is 3.25. The molecule has 4 fully saturated rings. The molecule has 0 aromatic rings. The van der Waals surface area contributed by atoms with Crippen LogP contribution < -0.4 is 5.32 Å². The van der Waals surface area contributed by atoms with Crippen LogP contribution in [0.4, 0.5) is 0 Å². The van der Waals surface area contributed by atoms with Crippen molar-refractivity contribution in [2.45, 2.75) is 51.1 Å². The average molecular weight is 151 g/mol. The maximum absolute atomic E-state index is 3.56. The molecule has 2 aliphatic carbocycles. The summed E-state index contributed by atoms with van der Waals surface area (Å²) in [5.41, 5.74) is 0.855. The molecule has 2 saturated heterocycles. The van der Waals surface area contributed by atoms with Gasteiger partial charge in [-0.1, -0.05) is 13.3 Å². The van der Waals surface area contributed by atoms with Crippen molar-refractivity contribution >= 4 is 0 Å². The van der Waals surface area contributed by atoms with Crippen LogP contribution in [0, 0.1) is 11.3 Å². The van der Waals surface area contributed by atoms with Crippen molar-refractivity contribution in [2.75, 3.05) is 0 Å². The highest BCUT2D eigenvalue weighted by Crippen LogP contribution is 2.64.